The van der Waals surface area contributed by atoms with Crippen LogP contribution in [-0.4, -0.2) is 70.7 Å². The monoisotopic (exact) mass is 298 g/mol. The van der Waals surface area contributed by atoms with Crippen molar-refractivity contribution < 1.29 is 19.8 Å². The Bertz CT molecular complexity index is 391. The smallest absolute Gasteiger partial charge is 0.309 e. The predicted molar refractivity (Wildman–Crippen MR) is 77.9 cm³/mol. The maximum atomic E-state index is 12.3. The first-order valence-corrected chi connectivity index (χ1v) is 7.88. The lowest BCUT2D eigenvalue weighted by molar-refractivity contribution is -0.155. The van der Waals surface area contributed by atoms with Crippen LogP contribution >= 0.6 is 0 Å². The van der Waals surface area contributed by atoms with E-state index in [9.17, 15) is 19.8 Å². The van der Waals surface area contributed by atoms with Crippen molar-refractivity contribution in [3.63, 3.8) is 0 Å². The van der Waals surface area contributed by atoms with E-state index in [-0.39, 0.29) is 12.0 Å². The Hall–Kier alpha value is -1.14. The zero-order valence-electron chi connectivity index (χ0n) is 12.8. The normalized spacial score (nSPS) is 26.6. The van der Waals surface area contributed by atoms with Crippen molar-refractivity contribution >= 4 is 11.9 Å². The molecule has 2 fully saturated rings. The third kappa shape index (κ3) is 3.74. The first kappa shape index (κ1) is 16.2. The molecule has 2 heterocycles. The van der Waals surface area contributed by atoms with Crippen LogP contribution in [0.4, 0.5) is 0 Å². The number of carbonyl (C=O) groups excluding carboxylic acids is 1. The number of rotatable bonds is 4. The maximum Gasteiger partial charge on any atom is 0.309 e. The van der Waals surface area contributed by atoms with E-state index in [0.717, 1.165) is 19.4 Å². The number of amides is 1. The Kier molecular flexibility index (Phi) is 5.22. The molecule has 0 aromatic carbocycles. The van der Waals surface area contributed by atoms with E-state index in [2.05, 4.69) is 0 Å². The number of likely N-dealkylation sites (tertiary alicyclic amines) is 2. The minimum absolute atomic E-state index is 0.0548. The summed E-state index contributed by atoms with van der Waals surface area (Å²) in [5, 5.41) is 19.0. The van der Waals surface area contributed by atoms with Crippen LogP contribution in [-0.2, 0) is 9.59 Å². The second-order valence-corrected chi connectivity index (χ2v) is 6.35. The van der Waals surface area contributed by atoms with Gasteiger partial charge in [-0.25, -0.2) is 0 Å². The number of carboxylic acid groups (broad SMARTS) is 1. The van der Waals surface area contributed by atoms with Gasteiger partial charge in [0.15, 0.2) is 0 Å². The van der Waals surface area contributed by atoms with E-state index in [4.69, 9.17) is 0 Å². The number of nitrogens with zero attached hydrogens (tertiary/aromatic N) is 2. The van der Waals surface area contributed by atoms with Crippen molar-refractivity contribution in [3.05, 3.63) is 0 Å². The quantitative estimate of drug-likeness (QED) is 0.792. The van der Waals surface area contributed by atoms with Crippen molar-refractivity contribution in [2.75, 3.05) is 32.7 Å². The van der Waals surface area contributed by atoms with Crippen LogP contribution in [0.5, 0.6) is 0 Å². The largest absolute Gasteiger partial charge is 0.481 e. The lowest BCUT2D eigenvalue weighted by Crippen LogP contribution is -2.50. The van der Waals surface area contributed by atoms with Gasteiger partial charge in [0, 0.05) is 19.6 Å². The molecule has 0 spiro atoms. The number of aliphatic carboxylic acids is 1. The number of piperidine rings is 2. The van der Waals surface area contributed by atoms with E-state index in [1.54, 1.807) is 4.90 Å². The number of β-amino-alcohol motifs (C(OH)–C–C–N with tert-alkyl or cyclic N) is 1. The van der Waals surface area contributed by atoms with Crippen LogP contribution in [0, 0.1) is 5.41 Å². The molecule has 0 radical (unpaired) electrons. The third-order valence-corrected chi connectivity index (χ3v) is 5.04. The van der Waals surface area contributed by atoms with Crippen LogP contribution in [0.3, 0.4) is 0 Å². The van der Waals surface area contributed by atoms with Gasteiger partial charge < -0.3 is 15.1 Å². The zero-order valence-corrected chi connectivity index (χ0v) is 12.8. The number of carbonyl (C=O) groups is 2. The molecule has 1 atom stereocenters. The van der Waals surface area contributed by atoms with Crippen molar-refractivity contribution in [3.8, 4) is 0 Å². The molecule has 0 aliphatic carbocycles. The van der Waals surface area contributed by atoms with Gasteiger partial charge in [0.2, 0.25) is 5.91 Å². The van der Waals surface area contributed by atoms with Gasteiger partial charge in [0.05, 0.1) is 18.1 Å². The van der Waals surface area contributed by atoms with E-state index < -0.39 is 11.4 Å². The number of carboxylic acids is 1. The second-order valence-electron chi connectivity index (χ2n) is 6.35. The summed E-state index contributed by atoms with van der Waals surface area (Å²) in [4.78, 5) is 27.5. The number of hydrogen-bond acceptors (Lipinski definition) is 4. The van der Waals surface area contributed by atoms with Gasteiger partial charge >= 0.3 is 5.97 Å². The van der Waals surface area contributed by atoms with Crippen LogP contribution in [0.25, 0.3) is 0 Å². The molecule has 120 valence electrons. The molecule has 2 rings (SSSR count). The molecule has 2 aliphatic heterocycles. The van der Waals surface area contributed by atoms with E-state index in [1.165, 1.54) is 0 Å². The van der Waals surface area contributed by atoms with Gasteiger partial charge in [-0.1, -0.05) is 6.92 Å². The minimum atomic E-state index is -0.740. The number of hydrogen-bond donors (Lipinski definition) is 2. The van der Waals surface area contributed by atoms with Crippen molar-refractivity contribution in [1.82, 2.24) is 9.80 Å². The summed E-state index contributed by atoms with van der Waals surface area (Å²) >= 11 is 0. The summed E-state index contributed by atoms with van der Waals surface area (Å²) in [5.41, 5.74) is -0.655. The highest BCUT2D eigenvalue weighted by Crippen LogP contribution is 2.35. The summed E-state index contributed by atoms with van der Waals surface area (Å²) in [6.45, 7) is 4.70. The highest BCUT2D eigenvalue weighted by Gasteiger charge is 2.40. The van der Waals surface area contributed by atoms with Crippen LogP contribution < -0.4 is 0 Å². The topological polar surface area (TPSA) is 81.1 Å². The van der Waals surface area contributed by atoms with Crippen LogP contribution in [0.2, 0.25) is 0 Å². The van der Waals surface area contributed by atoms with E-state index in [1.807, 2.05) is 11.8 Å². The second kappa shape index (κ2) is 6.75. The highest BCUT2D eigenvalue weighted by molar-refractivity contribution is 5.79. The SMILES string of the molecule is CCC1(C(=O)O)CCN(C(=O)CN2CCC[C@H](O)C2)CC1. The van der Waals surface area contributed by atoms with Crippen molar-refractivity contribution in [1.29, 1.82) is 0 Å². The molecule has 2 N–H and O–H groups in total. The van der Waals surface area contributed by atoms with Gasteiger partial charge in [0.1, 0.15) is 0 Å². The minimum Gasteiger partial charge on any atom is -0.481 e. The Morgan fingerprint density at radius 2 is 1.90 bits per heavy atom. The molecular formula is C15H26N2O4. The fourth-order valence-corrected chi connectivity index (χ4v) is 3.37. The van der Waals surface area contributed by atoms with Gasteiger partial charge in [0.25, 0.3) is 0 Å². The van der Waals surface area contributed by atoms with Crippen molar-refractivity contribution in [2.45, 2.75) is 45.1 Å². The molecule has 0 bridgehead atoms. The summed E-state index contributed by atoms with van der Waals surface area (Å²) < 4.78 is 0. The zero-order chi connectivity index (χ0) is 15.5. The Morgan fingerprint density at radius 3 is 2.43 bits per heavy atom. The lowest BCUT2D eigenvalue weighted by atomic mass is 9.76. The highest BCUT2D eigenvalue weighted by atomic mass is 16.4. The first-order chi connectivity index (χ1) is 9.97. The first-order valence-electron chi connectivity index (χ1n) is 7.88. The molecule has 0 unspecified atom stereocenters. The molecule has 6 heteroatoms. The summed E-state index contributed by atoms with van der Waals surface area (Å²) in [6, 6.07) is 0. The molecule has 0 aromatic heterocycles. The Morgan fingerprint density at radius 1 is 1.24 bits per heavy atom. The molecule has 21 heavy (non-hydrogen) atoms. The Balaban J connectivity index is 1.84. The van der Waals surface area contributed by atoms with Crippen LogP contribution in [0.15, 0.2) is 0 Å². The molecular weight excluding hydrogens is 272 g/mol. The maximum absolute atomic E-state index is 12.3. The lowest BCUT2D eigenvalue weighted by Gasteiger charge is -2.39. The fourth-order valence-electron chi connectivity index (χ4n) is 3.37. The average Bonchev–Trinajstić information content (AvgIpc) is 2.47. The summed E-state index contributed by atoms with van der Waals surface area (Å²) in [6.07, 6.45) is 3.09. The van der Waals surface area contributed by atoms with E-state index >= 15 is 0 Å². The van der Waals surface area contributed by atoms with Gasteiger partial charge in [-0.3, -0.25) is 14.5 Å². The molecule has 0 aromatic rings. The van der Waals surface area contributed by atoms with Crippen molar-refractivity contribution in [2.24, 2.45) is 5.41 Å². The molecule has 1 amide bonds. The van der Waals surface area contributed by atoms with Gasteiger partial charge in [-0.15, -0.1) is 0 Å². The van der Waals surface area contributed by atoms with Gasteiger partial charge in [-0.2, -0.15) is 0 Å². The molecule has 0 saturated carbocycles. The molecule has 2 aliphatic rings. The number of aliphatic hydroxyl groups excluding tert-OH is 1. The average molecular weight is 298 g/mol. The predicted octanol–water partition coefficient (Wildman–Crippen LogP) is 0.547. The third-order valence-electron chi connectivity index (χ3n) is 5.04. The van der Waals surface area contributed by atoms with Gasteiger partial charge in [-0.05, 0) is 38.6 Å². The standard InChI is InChI=1S/C15H26N2O4/c1-2-15(14(20)21)5-8-17(9-6-15)13(19)11-16-7-3-4-12(18)10-16/h12,18H,2-11H2,1H3,(H,20,21)/t12-/m0/s1. The molecule has 2 saturated heterocycles. The van der Waals surface area contributed by atoms with Crippen LogP contribution in [0.1, 0.15) is 39.0 Å². The summed E-state index contributed by atoms with van der Waals surface area (Å²) in [7, 11) is 0. The number of aliphatic hydroxyl groups is 1. The Labute approximate surface area is 125 Å². The fraction of sp³-hybridized carbons (Fsp3) is 0.867. The molecule has 6 nitrogen and oxygen atoms in total. The van der Waals surface area contributed by atoms with E-state index in [0.29, 0.717) is 45.4 Å². The summed E-state index contributed by atoms with van der Waals surface area (Å²) in [5.74, 6) is -0.685.